The minimum absolute atomic E-state index is 0. The van der Waals surface area contributed by atoms with Gasteiger partial charge in [-0.15, -0.1) is 4.52 Å². The van der Waals surface area contributed by atoms with Crippen LogP contribution in [0.5, 0.6) is 0 Å². The van der Waals surface area contributed by atoms with E-state index in [4.69, 9.17) is 10.2 Å². The molecular weight excluding hydrogens is 170 g/mol. The van der Waals surface area contributed by atoms with Gasteiger partial charge in [0.15, 0.2) is 0 Å². The molecule has 0 aliphatic carbocycles. The predicted octanol–water partition coefficient (Wildman–Crippen LogP) is -4.28. The summed E-state index contributed by atoms with van der Waals surface area (Å²) in [7, 11) is -3.08. The molecule has 7 heteroatoms. The van der Waals surface area contributed by atoms with Gasteiger partial charge in [0.1, 0.15) is 6.10 Å². The maximum Gasteiger partial charge on any atom is 1.00 e. The van der Waals surface area contributed by atoms with Crippen molar-refractivity contribution < 1.29 is 53.8 Å². The normalized spacial score (nSPS) is 17.0. The number of rotatable bonds is 3. The summed E-state index contributed by atoms with van der Waals surface area (Å²) in [5.74, 6) is 0. The van der Waals surface area contributed by atoms with E-state index in [1.165, 1.54) is 6.92 Å². The van der Waals surface area contributed by atoms with Crippen molar-refractivity contribution in [1.82, 2.24) is 0 Å². The van der Waals surface area contributed by atoms with Crippen LogP contribution in [0, 0.1) is 0 Å². The summed E-state index contributed by atoms with van der Waals surface area (Å²) in [5.41, 5.74) is 0. The fourth-order valence-corrected chi connectivity index (χ4v) is 0.529. The van der Waals surface area contributed by atoms with Crippen LogP contribution in [-0.4, -0.2) is 22.6 Å². The van der Waals surface area contributed by atoms with E-state index < -0.39 is 20.6 Å². The Labute approximate surface area is 81.3 Å². The molecule has 0 fully saturated rings. The van der Waals surface area contributed by atoms with E-state index in [1.54, 1.807) is 0 Å². The molecule has 2 N–H and O–H groups in total. The first kappa shape index (κ1) is 13.5. The minimum Gasteiger partial charge on any atom is -0.566 e. The molecule has 0 saturated carbocycles. The summed E-state index contributed by atoms with van der Waals surface area (Å²) in [4.78, 5) is 9.66. The Hall–Kier alpha value is 0.940. The molecule has 0 aromatic carbocycles. The van der Waals surface area contributed by atoms with Crippen LogP contribution in [0.15, 0.2) is 0 Å². The minimum atomic E-state index is -3.08. The Morgan fingerprint density at radius 1 is 1.60 bits per heavy atom. The molecule has 0 aliphatic rings. The van der Waals surface area contributed by atoms with Crippen molar-refractivity contribution in [2.24, 2.45) is 0 Å². The van der Waals surface area contributed by atoms with E-state index in [2.05, 4.69) is 4.52 Å². The largest absolute Gasteiger partial charge is 1.00 e. The van der Waals surface area contributed by atoms with Crippen LogP contribution < -0.4 is 34.5 Å². The van der Waals surface area contributed by atoms with Crippen LogP contribution in [0.3, 0.4) is 0 Å². The Kier molecular flexibility index (Phi) is 8.98. The predicted molar refractivity (Wildman–Crippen MR) is 26.4 cm³/mol. The van der Waals surface area contributed by atoms with Gasteiger partial charge in [0, 0.05) is 0 Å². The standard InChI is InChI=1S/C3H7O5P.Na/c1-2(4)3(5)8-9(6)7;/h2-5H,1H3;/q;+1. The molecule has 5 nitrogen and oxygen atoms in total. The maximum atomic E-state index is 9.66. The van der Waals surface area contributed by atoms with Gasteiger partial charge in [-0.3, -0.25) is 0 Å². The summed E-state index contributed by atoms with van der Waals surface area (Å²) in [6.45, 7) is 1.21. The fourth-order valence-electron chi connectivity index (χ4n) is 0.176. The zero-order valence-corrected chi connectivity index (χ0v) is 8.62. The van der Waals surface area contributed by atoms with Crippen molar-refractivity contribution in [3.8, 4) is 0 Å². The summed E-state index contributed by atoms with van der Waals surface area (Å²) >= 11 is 0. The van der Waals surface area contributed by atoms with Gasteiger partial charge in [0.05, 0.1) is 0 Å². The molecule has 0 saturated heterocycles. The number of hydrogen-bond acceptors (Lipinski definition) is 5. The van der Waals surface area contributed by atoms with Crippen LogP contribution >= 0.6 is 8.25 Å². The molecule has 0 bridgehead atoms. The van der Waals surface area contributed by atoms with Gasteiger partial charge in [0.2, 0.25) is 6.29 Å². The molecule has 0 aromatic rings. The van der Waals surface area contributed by atoms with Crippen LogP contribution in [0.25, 0.3) is 0 Å². The van der Waals surface area contributed by atoms with E-state index in [9.17, 15) is 9.46 Å². The second-order valence-electron chi connectivity index (χ2n) is 1.46. The molecule has 0 amide bonds. The average Bonchev–Trinajstić information content (AvgIpc) is 1.63. The van der Waals surface area contributed by atoms with Crippen molar-refractivity contribution in [1.29, 1.82) is 0 Å². The van der Waals surface area contributed by atoms with Crippen molar-refractivity contribution >= 4 is 8.25 Å². The molecule has 54 valence electrons. The van der Waals surface area contributed by atoms with E-state index in [0.717, 1.165) is 0 Å². The van der Waals surface area contributed by atoms with Crippen molar-refractivity contribution in [2.75, 3.05) is 0 Å². The molecule has 0 aliphatic heterocycles. The summed E-state index contributed by atoms with van der Waals surface area (Å²) in [6.07, 6.45) is -2.84. The number of aliphatic hydroxyl groups is 2. The number of aliphatic hydroxyl groups excluding tert-OH is 2. The molecule has 0 radical (unpaired) electrons. The van der Waals surface area contributed by atoms with E-state index in [1.807, 2.05) is 0 Å². The van der Waals surface area contributed by atoms with Gasteiger partial charge in [-0.25, -0.2) is 0 Å². The Morgan fingerprint density at radius 2 is 2.00 bits per heavy atom. The Bertz CT molecular complexity index is 107. The second-order valence-corrected chi connectivity index (χ2v) is 2.12. The molecule has 3 unspecified atom stereocenters. The topological polar surface area (TPSA) is 89.8 Å². The quantitative estimate of drug-likeness (QED) is 0.259. The Morgan fingerprint density at radius 3 is 2.10 bits per heavy atom. The Balaban J connectivity index is 0. The number of hydrogen-bond donors (Lipinski definition) is 2. The first-order valence-corrected chi connectivity index (χ1v) is 3.31. The molecule has 0 aromatic heterocycles. The summed E-state index contributed by atoms with van der Waals surface area (Å²) < 4.78 is 13.4. The van der Waals surface area contributed by atoms with Gasteiger partial charge in [-0.1, -0.05) is 0 Å². The molecule has 3 atom stereocenters. The van der Waals surface area contributed by atoms with Gasteiger partial charge < -0.3 is 15.1 Å². The van der Waals surface area contributed by atoms with E-state index >= 15 is 0 Å². The van der Waals surface area contributed by atoms with Crippen LogP contribution in [0.1, 0.15) is 6.92 Å². The van der Waals surface area contributed by atoms with Crippen LogP contribution in [-0.2, 0) is 9.09 Å². The van der Waals surface area contributed by atoms with E-state index in [-0.39, 0.29) is 29.6 Å². The van der Waals surface area contributed by atoms with Crippen molar-refractivity contribution in [3.05, 3.63) is 0 Å². The molecule has 0 rings (SSSR count). The molecule has 10 heavy (non-hydrogen) atoms. The van der Waals surface area contributed by atoms with Gasteiger partial charge in [-0.05, 0) is 11.5 Å². The van der Waals surface area contributed by atoms with Crippen molar-refractivity contribution in [3.63, 3.8) is 0 Å². The van der Waals surface area contributed by atoms with E-state index in [0.29, 0.717) is 0 Å². The van der Waals surface area contributed by atoms with Gasteiger partial charge in [-0.2, -0.15) is 0 Å². The zero-order chi connectivity index (χ0) is 7.44. The van der Waals surface area contributed by atoms with Crippen LogP contribution in [0.2, 0.25) is 0 Å². The third-order valence-corrected chi connectivity index (χ3v) is 0.995. The summed E-state index contributed by atoms with van der Waals surface area (Å²) in [6, 6.07) is 0. The maximum absolute atomic E-state index is 9.66. The van der Waals surface area contributed by atoms with Crippen LogP contribution in [0.4, 0.5) is 0 Å². The van der Waals surface area contributed by atoms with Crippen molar-refractivity contribution in [2.45, 2.75) is 19.3 Å². The second kappa shape index (κ2) is 6.64. The monoisotopic (exact) mass is 177 g/mol. The average molecular weight is 177 g/mol. The zero-order valence-electron chi connectivity index (χ0n) is 5.72. The molecule has 0 spiro atoms. The molecular formula is C3H7NaO5P+. The fraction of sp³-hybridized carbons (Fsp3) is 1.00. The van der Waals surface area contributed by atoms with Gasteiger partial charge in [0.25, 0.3) is 0 Å². The first-order valence-electron chi connectivity index (χ1n) is 2.21. The third-order valence-electron chi connectivity index (χ3n) is 0.607. The van der Waals surface area contributed by atoms with Gasteiger partial charge >= 0.3 is 37.8 Å². The summed E-state index contributed by atoms with van der Waals surface area (Å²) in [5, 5.41) is 16.9. The smallest absolute Gasteiger partial charge is 0.566 e. The molecule has 0 heterocycles. The first-order chi connectivity index (χ1) is 4.04. The third kappa shape index (κ3) is 7.05. The SMILES string of the molecule is CC(O)C(O)O[P+](=O)[O-].[Na+].